The van der Waals surface area contributed by atoms with Gasteiger partial charge in [-0.05, 0) is 31.0 Å². The molecule has 2 heterocycles. The fraction of sp³-hybridized carbons (Fsp3) is 0.412. The van der Waals surface area contributed by atoms with E-state index in [9.17, 15) is 26.8 Å². The summed E-state index contributed by atoms with van der Waals surface area (Å²) in [7, 11) is -4.22. The number of rotatable bonds is 3. The van der Waals surface area contributed by atoms with Crippen molar-refractivity contribution in [1.29, 1.82) is 0 Å². The minimum Gasteiger partial charge on any atom is -0.276 e. The first-order valence-electron chi connectivity index (χ1n) is 8.28. The molecule has 3 aliphatic rings. The monoisotopic (exact) mass is 382 g/mol. The quantitative estimate of drug-likeness (QED) is 0.583. The van der Waals surface area contributed by atoms with Crippen molar-refractivity contribution >= 4 is 21.8 Å². The molecule has 138 valence electrons. The summed E-state index contributed by atoms with van der Waals surface area (Å²) < 4.78 is 53.0. The number of hydrogen-bond acceptors (Lipinski definition) is 4. The normalized spacial score (nSPS) is 26.9. The Bertz CT molecular complexity index is 899. The molecule has 0 aromatic heterocycles. The minimum absolute atomic E-state index is 0.108. The molecule has 0 spiro atoms. The van der Waals surface area contributed by atoms with Crippen LogP contribution in [0.4, 0.5) is 8.78 Å². The zero-order valence-corrected chi connectivity index (χ0v) is 14.5. The average molecular weight is 382 g/mol. The van der Waals surface area contributed by atoms with E-state index in [0.29, 0.717) is 18.9 Å². The smallest absolute Gasteiger partial charge is 0.246 e. The number of carbonyl (C=O) groups is 2. The van der Waals surface area contributed by atoms with Crippen LogP contribution in [0.2, 0.25) is 0 Å². The van der Waals surface area contributed by atoms with Crippen LogP contribution in [0.25, 0.3) is 0 Å². The highest BCUT2D eigenvalue weighted by Crippen LogP contribution is 2.38. The van der Waals surface area contributed by atoms with Gasteiger partial charge in [-0.3, -0.25) is 14.5 Å². The van der Waals surface area contributed by atoms with Crippen LogP contribution in [-0.2, 0) is 19.6 Å². The van der Waals surface area contributed by atoms with E-state index in [4.69, 9.17) is 0 Å². The molecule has 0 N–H and O–H groups in total. The number of sulfonamides is 1. The van der Waals surface area contributed by atoms with Crippen molar-refractivity contribution < 1.29 is 26.8 Å². The summed E-state index contributed by atoms with van der Waals surface area (Å²) in [6.45, 7) is -0.217. The van der Waals surface area contributed by atoms with Gasteiger partial charge in [0.2, 0.25) is 21.8 Å². The SMILES string of the molecule is O=C1C2CC=CCC2C(=O)N1C1CN(S(=O)(=O)c2cc(F)ccc2F)C1. The minimum atomic E-state index is -4.22. The largest absolute Gasteiger partial charge is 0.276 e. The number of allylic oxidation sites excluding steroid dienone is 2. The van der Waals surface area contributed by atoms with Gasteiger partial charge >= 0.3 is 0 Å². The van der Waals surface area contributed by atoms with Gasteiger partial charge in [-0.2, -0.15) is 4.31 Å². The molecule has 1 aromatic carbocycles. The van der Waals surface area contributed by atoms with Gasteiger partial charge in [0, 0.05) is 13.1 Å². The molecule has 26 heavy (non-hydrogen) atoms. The Morgan fingerprint density at radius 2 is 1.54 bits per heavy atom. The Labute approximate surface area is 149 Å². The maximum absolute atomic E-state index is 13.8. The molecule has 1 aromatic rings. The maximum atomic E-state index is 13.8. The number of amides is 2. The fourth-order valence-electron chi connectivity index (χ4n) is 3.78. The standard InChI is InChI=1S/C17H16F2N2O4S/c18-10-5-6-14(19)15(7-10)26(24,25)20-8-11(9-20)21-16(22)12-3-1-2-4-13(12)17(21)23/h1-2,5-7,11-13H,3-4,8-9H2. The lowest BCUT2D eigenvalue weighted by Crippen LogP contribution is -2.62. The van der Waals surface area contributed by atoms with Crippen LogP contribution >= 0.6 is 0 Å². The molecule has 0 saturated carbocycles. The summed E-state index contributed by atoms with van der Waals surface area (Å²) in [4.78, 5) is 25.4. The molecule has 0 radical (unpaired) electrons. The van der Waals surface area contributed by atoms with Gasteiger partial charge in [0.25, 0.3) is 0 Å². The van der Waals surface area contributed by atoms with E-state index in [0.717, 1.165) is 21.3 Å². The number of carbonyl (C=O) groups excluding carboxylic acids is 2. The molecular formula is C17H16F2N2O4S. The summed E-state index contributed by atoms with van der Waals surface area (Å²) in [6, 6.07) is 1.66. The number of likely N-dealkylation sites (tertiary alicyclic amines) is 1. The molecule has 2 fully saturated rings. The lowest BCUT2D eigenvalue weighted by Gasteiger charge is -2.42. The van der Waals surface area contributed by atoms with Crippen LogP contribution in [0.1, 0.15) is 12.8 Å². The van der Waals surface area contributed by atoms with Crippen molar-refractivity contribution in [3.8, 4) is 0 Å². The number of hydrogen-bond donors (Lipinski definition) is 0. The van der Waals surface area contributed by atoms with E-state index in [1.165, 1.54) is 0 Å². The highest BCUT2D eigenvalue weighted by molar-refractivity contribution is 7.89. The Kier molecular flexibility index (Phi) is 3.96. The molecule has 2 unspecified atom stereocenters. The fourth-order valence-corrected chi connectivity index (χ4v) is 5.37. The molecule has 9 heteroatoms. The number of halogens is 2. The van der Waals surface area contributed by atoms with Crippen molar-refractivity contribution in [3.05, 3.63) is 42.0 Å². The van der Waals surface area contributed by atoms with Crippen molar-refractivity contribution in [2.45, 2.75) is 23.8 Å². The Morgan fingerprint density at radius 1 is 0.962 bits per heavy atom. The Hall–Kier alpha value is -2.13. The molecule has 2 saturated heterocycles. The zero-order valence-electron chi connectivity index (χ0n) is 13.6. The summed E-state index contributed by atoms with van der Waals surface area (Å²) in [5.41, 5.74) is 0. The molecule has 4 rings (SSSR count). The van der Waals surface area contributed by atoms with Crippen LogP contribution in [0, 0.1) is 23.5 Å². The van der Waals surface area contributed by atoms with Gasteiger partial charge in [-0.15, -0.1) is 0 Å². The van der Waals surface area contributed by atoms with Crippen molar-refractivity contribution in [2.24, 2.45) is 11.8 Å². The van der Waals surface area contributed by atoms with Gasteiger partial charge < -0.3 is 0 Å². The zero-order chi connectivity index (χ0) is 18.6. The first-order valence-corrected chi connectivity index (χ1v) is 9.72. The second-order valence-electron chi connectivity index (χ2n) is 6.75. The highest BCUT2D eigenvalue weighted by Gasteiger charge is 2.53. The Morgan fingerprint density at radius 3 is 2.12 bits per heavy atom. The van der Waals surface area contributed by atoms with E-state index in [1.54, 1.807) is 0 Å². The van der Waals surface area contributed by atoms with Gasteiger partial charge in [-0.1, -0.05) is 12.2 Å². The van der Waals surface area contributed by atoms with E-state index in [2.05, 4.69) is 0 Å². The van der Waals surface area contributed by atoms with Crippen LogP contribution < -0.4 is 0 Å². The predicted molar refractivity (Wildman–Crippen MR) is 86.1 cm³/mol. The van der Waals surface area contributed by atoms with Crippen molar-refractivity contribution in [2.75, 3.05) is 13.1 Å². The van der Waals surface area contributed by atoms with Crippen molar-refractivity contribution in [1.82, 2.24) is 9.21 Å². The predicted octanol–water partition coefficient (Wildman–Crippen LogP) is 1.29. The van der Waals surface area contributed by atoms with E-state index in [1.807, 2.05) is 12.2 Å². The number of fused-ring (bicyclic) bond motifs is 1. The van der Waals surface area contributed by atoms with Gasteiger partial charge in [0.1, 0.15) is 16.5 Å². The highest BCUT2D eigenvalue weighted by atomic mass is 32.2. The molecule has 1 aliphatic carbocycles. The van der Waals surface area contributed by atoms with E-state index < -0.39 is 32.6 Å². The maximum Gasteiger partial charge on any atom is 0.246 e. The third kappa shape index (κ3) is 2.49. The van der Waals surface area contributed by atoms with Crippen LogP contribution in [0.3, 0.4) is 0 Å². The van der Waals surface area contributed by atoms with Crippen molar-refractivity contribution in [3.63, 3.8) is 0 Å². The third-order valence-corrected chi connectivity index (χ3v) is 7.09. The first kappa shape index (κ1) is 17.3. The summed E-state index contributed by atoms with van der Waals surface area (Å²) in [5.74, 6) is -3.20. The number of imide groups is 1. The van der Waals surface area contributed by atoms with Gasteiger partial charge in [0.05, 0.1) is 17.9 Å². The second kappa shape index (κ2) is 5.95. The second-order valence-corrected chi connectivity index (χ2v) is 8.66. The first-order chi connectivity index (χ1) is 12.3. The third-order valence-electron chi connectivity index (χ3n) is 5.25. The average Bonchev–Trinajstić information content (AvgIpc) is 2.81. The molecular weight excluding hydrogens is 366 g/mol. The van der Waals surface area contributed by atoms with E-state index in [-0.39, 0.29) is 36.7 Å². The van der Waals surface area contributed by atoms with Gasteiger partial charge in [0.15, 0.2) is 0 Å². The summed E-state index contributed by atoms with van der Waals surface area (Å²) >= 11 is 0. The molecule has 2 atom stereocenters. The molecule has 2 aliphatic heterocycles. The van der Waals surface area contributed by atoms with Crippen LogP contribution in [0.15, 0.2) is 35.2 Å². The topological polar surface area (TPSA) is 74.8 Å². The lowest BCUT2D eigenvalue weighted by molar-refractivity contribution is -0.145. The summed E-state index contributed by atoms with van der Waals surface area (Å²) in [5, 5.41) is 0. The van der Waals surface area contributed by atoms with E-state index >= 15 is 0 Å². The molecule has 6 nitrogen and oxygen atoms in total. The summed E-state index contributed by atoms with van der Waals surface area (Å²) in [6.07, 6.45) is 4.77. The Balaban J connectivity index is 1.51. The molecule has 2 amide bonds. The molecule has 0 bridgehead atoms. The van der Waals surface area contributed by atoms with Crippen LogP contribution in [-0.4, -0.2) is 48.6 Å². The lowest BCUT2D eigenvalue weighted by atomic mass is 9.85. The van der Waals surface area contributed by atoms with Gasteiger partial charge in [-0.25, -0.2) is 17.2 Å². The number of nitrogens with zero attached hydrogens (tertiary/aromatic N) is 2. The van der Waals surface area contributed by atoms with Crippen LogP contribution in [0.5, 0.6) is 0 Å². The number of benzene rings is 1.